The number of rotatable bonds is 2. The van der Waals surface area contributed by atoms with E-state index in [9.17, 15) is 4.79 Å². The molecule has 76 valence electrons. The summed E-state index contributed by atoms with van der Waals surface area (Å²) in [5.41, 5.74) is 1.04. The van der Waals surface area contributed by atoms with E-state index in [1.54, 1.807) is 6.08 Å². The average Bonchev–Trinajstić information content (AvgIpc) is 2.08. The van der Waals surface area contributed by atoms with Crippen LogP contribution < -0.4 is 5.32 Å². The second-order valence-corrected chi connectivity index (χ2v) is 3.56. The first-order chi connectivity index (χ1) is 6.51. The van der Waals surface area contributed by atoms with Gasteiger partial charge in [0.05, 0.1) is 5.70 Å². The molecule has 1 aliphatic heterocycles. The van der Waals surface area contributed by atoms with Gasteiger partial charge in [-0.25, -0.2) is 4.79 Å². The van der Waals surface area contributed by atoms with Crippen molar-refractivity contribution in [1.82, 2.24) is 5.32 Å². The molecule has 0 aromatic heterocycles. The Bertz CT molecular complexity index is 324. The van der Waals surface area contributed by atoms with Crippen LogP contribution in [0.25, 0.3) is 0 Å². The molecular formula is C11H15NO2. The Morgan fingerprint density at radius 1 is 1.50 bits per heavy atom. The zero-order chi connectivity index (χ0) is 10.8. The van der Waals surface area contributed by atoms with Gasteiger partial charge in [0.25, 0.3) is 0 Å². The molecule has 1 rings (SSSR count). The predicted molar refractivity (Wildman–Crippen MR) is 55.7 cm³/mol. The van der Waals surface area contributed by atoms with Crippen molar-refractivity contribution in [3.05, 3.63) is 36.1 Å². The van der Waals surface area contributed by atoms with Crippen molar-refractivity contribution >= 4 is 6.09 Å². The number of allylic oxidation sites excluding steroid dienone is 2. The van der Waals surface area contributed by atoms with Crippen LogP contribution in [0.2, 0.25) is 0 Å². The lowest BCUT2D eigenvalue weighted by molar-refractivity contribution is 0.0600. The number of hydrogen-bond acceptors (Lipinski definition) is 2. The van der Waals surface area contributed by atoms with E-state index in [2.05, 4.69) is 11.9 Å². The number of ether oxygens (including phenoxy) is 1. The lowest BCUT2D eigenvalue weighted by Gasteiger charge is -2.32. The summed E-state index contributed by atoms with van der Waals surface area (Å²) in [7, 11) is 0. The Kier molecular flexibility index (Phi) is 2.79. The Morgan fingerprint density at radius 2 is 2.14 bits per heavy atom. The van der Waals surface area contributed by atoms with E-state index in [4.69, 9.17) is 4.74 Å². The van der Waals surface area contributed by atoms with Gasteiger partial charge in [-0.2, -0.15) is 0 Å². The zero-order valence-electron chi connectivity index (χ0n) is 8.76. The van der Waals surface area contributed by atoms with E-state index in [-0.39, 0.29) is 0 Å². The molecule has 1 N–H and O–H groups in total. The summed E-state index contributed by atoms with van der Waals surface area (Å²) in [6.45, 7) is 9.28. The normalized spacial score (nSPS) is 20.6. The molecule has 0 bridgehead atoms. The first-order valence-electron chi connectivity index (χ1n) is 4.51. The molecular weight excluding hydrogens is 178 g/mol. The minimum absolute atomic E-state index is 0.432. The maximum Gasteiger partial charge on any atom is 0.412 e. The summed E-state index contributed by atoms with van der Waals surface area (Å²) >= 11 is 0. The quantitative estimate of drug-likeness (QED) is 0.731. The largest absolute Gasteiger partial charge is 0.438 e. The molecule has 0 aromatic rings. The van der Waals surface area contributed by atoms with Gasteiger partial charge in [-0.1, -0.05) is 18.7 Å². The van der Waals surface area contributed by atoms with E-state index < -0.39 is 11.7 Å². The maximum atomic E-state index is 11.2. The summed E-state index contributed by atoms with van der Waals surface area (Å²) in [6.07, 6.45) is 5.01. The van der Waals surface area contributed by atoms with Gasteiger partial charge in [0, 0.05) is 5.57 Å². The summed E-state index contributed by atoms with van der Waals surface area (Å²) in [4.78, 5) is 11.2. The summed E-state index contributed by atoms with van der Waals surface area (Å²) in [5.74, 6) is 0. The molecule has 0 unspecified atom stereocenters. The highest BCUT2D eigenvalue weighted by Gasteiger charge is 2.33. The number of nitrogens with one attached hydrogen (secondary N) is 1. The van der Waals surface area contributed by atoms with E-state index in [0.29, 0.717) is 5.70 Å². The molecule has 0 saturated heterocycles. The molecule has 1 aliphatic rings. The molecule has 0 atom stereocenters. The number of amides is 1. The maximum absolute atomic E-state index is 11.2. The number of carbonyl (C=O) groups is 1. The minimum Gasteiger partial charge on any atom is -0.438 e. The molecule has 3 heteroatoms. The monoisotopic (exact) mass is 193 g/mol. The molecule has 1 heterocycles. The van der Waals surface area contributed by atoms with Crippen LogP contribution in [0.15, 0.2) is 36.1 Å². The van der Waals surface area contributed by atoms with E-state index in [1.165, 1.54) is 0 Å². The Hall–Kier alpha value is -1.51. The molecule has 3 nitrogen and oxygen atoms in total. The Labute approximate surface area is 84.1 Å². The van der Waals surface area contributed by atoms with Crippen LogP contribution >= 0.6 is 0 Å². The minimum atomic E-state index is -0.599. The van der Waals surface area contributed by atoms with E-state index >= 15 is 0 Å². The molecule has 0 aliphatic carbocycles. The second kappa shape index (κ2) is 3.70. The van der Waals surface area contributed by atoms with Crippen LogP contribution in [-0.4, -0.2) is 11.7 Å². The lowest BCUT2D eigenvalue weighted by Crippen LogP contribution is -2.42. The number of hydrogen-bond donors (Lipinski definition) is 1. The molecule has 0 spiro atoms. The van der Waals surface area contributed by atoms with Crippen molar-refractivity contribution in [1.29, 1.82) is 0 Å². The number of carbonyl (C=O) groups excluding carboxylic acids is 1. The third kappa shape index (κ3) is 1.87. The fraction of sp³-hybridized carbons (Fsp3) is 0.364. The van der Waals surface area contributed by atoms with Crippen LogP contribution in [0, 0.1) is 0 Å². The second-order valence-electron chi connectivity index (χ2n) is 3.56. The highest BCUT2D eigenvalue weighted by atomic mass is 16.6. The van der Waals surface area contributed by atoms with Gasteiger partial charge in [0.15, 0.2) is 0 Å². The van der Waals surface area contributed by atoms with Crippen molar-refractivity contribution < 1.29 is 9.53 Å². The highest BCUT2D eigenvalue weighted by Crippen LogP contribution is 2.28. The molecule has 14 heavy (non-hydrogen) atoms. The molecule has 0 radical (unpaired) electrons. The topological polar surface area (TPSA) is 38.3 Å². The fourth-order valence-electron chi connectivity index (χ4n) is 1.43. The van der Waals surface area contributed by atoms with Gasteiger partial charge in [0.1, 0.15) is 5.60 Å². The summed E-state index contributed by atoms with van der Waals surface area (Å²) in [6, 6.07) is 0. The van der Waals surface area contributed by atoms with Crippen LogP contribution in [0.1, 0.15) is 20.8 Å². The molecule has 0 aromatic carbocycles. The van der Waals surface area contributed by atoms with E-state index in [1.807, 2.05) is 32.9 Å². The standard InChI is InChI=1S/C11H15NO2/c1-5-7-8-9(6-2)12-10(13)14-11(8,3)4/h5-7H,2H2,1,3-4H3,(H,12,13)/b7-5-. The highest BCUT2D eigenvalue weighted by molar-refractivity contribution is 5.74. The Morgan fingerprint density at radius 3 is 2.64 bits per heavy atom. The van der Waals surface area contributed by atoms with Gasteiger partial charge in [-0.05, 0) is 26.8 Å². The predicted octanol–water partition coefficient (Wildman–Crippen LogP) is 2.52. The van der Waals surface area contributed by atoms with Crippen LogP contribution in [0.3, 0.4) is 0 Å². The van der Waals surface area contributed by atoms with Crippen LogP contribution in [0.5, 0.6) is 0 Å². The van der Waals surface area contributed by atoms with E-state index in [0.717, 1.165) is 5.57 Å². The van der Waals surface area contributed by atoms with Gasteiger partial charge in [-0.3, -0.25) is 5.32 Å². The van der Waals surface area contributed by atoms with Gasteiger partial charge < -0.3 is 4.74 Å². The van der Waals surface area contributed by atoms with Gasteiger partial charge in [0.2, 0.25) is 0 Å². The smallest absolute Gasteiger partial charge is 0.412 e. The molecule has 0 fully saturated rings. The summed E-state index contributed by atoms with van der Waals surface area (Å²) in [5, 5.41) is 2.61. The van der Waals surface area contributed by atoms with Crippen LogP contribution in [0.4, 0.5) is 4.79 Å². The van der Waals surface area contributed by atoms with Crippen molar-refractivity contribution in [3.8, 4) is 0 Å². The third-order valence-corrected chi connectivity index (χ3v) is 2.06. The first kappa shape index (κ1) is 10.6. The third-order valence-electron chi connectivity index (χ3n) is 2.06. The van der Waals surface area contributed by atoms with Crippen molar-refractivity contribution in [3.63, 3.8) is 0 Å². The fourth-order valence-corrected chi connectivity index (χ4v) is 1.43. The van der Waals surface area contributed by atoms with Crippen molar-refractivity contribution in [2.45, 2.75) is 26.4 Å². The average molecular weight is 193 g/mol. The molecule has 1 amide bonds. The van der Waals surface area contributed by atoms with Crippen molar-refractivity contribution in [2.24, 2.45) is 0 Å². The lowest BCUT2D eigenvalue weighted by atomic mass is 9.94. The van der Waals surface area contributed by atoms with Gasteiger partial charge >= 0.3 is 6.09 Å². The van der Waals surface area contributed by atoms with Crippen molar-refractivity contribution in [2.75, 3.05) is 0 Å². The number of alkyl carbamates (subject to hydrolysis) is 1. The molecule has 0 saturated carbocycles. The van der Waals surface area contributed by atoms with Gasteiger partial charge in [-0.15, -0.1) is 0 Å². The van der Waals surface area contributed by atoms with Crippen LogP contribution in [-0.2, 0) is 4.74 Å². The number of cyclic esters (lactones) is 1. The Balaban J connectivity index is 3.22. The summed E-state index contributed by atoms with van der Waals surface area (Å²) < 4.78 is 5.16. The zero-order valence-corrected chi connectivity index (χ0v) is 8.76. The first-order valence-corrected chi connectivity index (χ1v) is 4.51. The SMILES string of the molecule is C=CC1=C(/C=C\C)C(C)(C)OC(=O)N1.